The van der Waals surface area contributed by atoms with Gasteiger partial charge in [0.15, 0.2) is 0 Å². The molecule has 0 heterocycles. The van der Waals surface area contributed by atoms with Crippen LogP contribution in [0.15, 0.2) is 107 Å². The molecular formula is C30H30O4S. The Morgan fingerprint density at radius 2 is 0.914 bits per heavy atom. The van der Waals surface area contributed by atoms with Crippen molar-refractivity contribution in [1.82, 2.24) is 0 Å². The average molecular weight is 487 g/mol. The van der Waals surface area contributed by atoms with Gasteiger partial charge < -0.3 is 9.47 Å². The van der Waals surface area contributed by atoms with E-state index in [1.165, 1.54) is 11.1 Å². The zero-order chi connectivity index (χ0) is 25.1. The summed E-state index contributed by atoms with van der Waals surface area (Å²) in [6.45, 7) is 8.58. The van der Waals surface area contributed by atoms with Gasteiger partial charge in [-0.15, -0.1) is 0 Å². The summed E-state index contributed by atoms with van der Waals surface area (Å²) < 4.78 is 37.9. The zero-order valence-electron chi connectivity index (χ0n) is 20.5. The van der Waals surface area contributed by atoms with Crippen molar-refractivity contribution in [2.75, 3.05) is 0 Å². The number of rotatable bonds is 7. The fourth-order valence-electron chi connectivity index (χ4n) is 3.60. The second-order valence-corrected chi connectivity index (χ2v) is 11.4. The van der Waals surface area contributed by atoms with Crippen LogP contribution in [-0.4, -0.2) is 8.42 Å². The standard InChI is InChI=1S/C30H30O4S/c1-5-22-6-10-24(11-7-22)33-26-14-18-28(19-15-26)35(31,32)29-20-16-27(17-21-29)34-25-12-8-23(9-13-25)30(2,3)4/h6-21H,5H2,1-4H3. The minimum Gasteiger partial charge on any atom is -0.457 e. The quantitative estimate of drug-likeness (QED) is 0.266. The van der Waals surface area contributed by atoms with Gasteiger partial charge in [0.05, 0.1) is 9.79 Å². The molecule has 0 fully saturated rings. The average Bonchev–Trinajstić information content (AvgIpc) is 2.85. The Kier molecular flexibility index (Phi) is 6.99. The Labute approximate surface area is 208 Å². The van der Waals surface area contributed by atoms with Crippen LogP contribution in [0, 0.1) is 0 Å². The summed E-state index contributed by atoms with van der Waals surface area (Å²) in [5, 5.41) is 0. The summed E-state index contributed by atoms with van der Waals surface area (Å²) in [5.74, 6) is 2.56. The minimum atomic E-state index is -3.66. The Morgan fingerprint density at radius 3 is 1.26 bits per heavy atom. The molecule has 0 aliphatic rings. The molecule has 0 spiro atoms. The Balaban J connectivity index is 1.44. The molecule has 5 heteroatoms. The maximum Gasteiger partial charge on any atom is 0.206 e. The van der Waals surface area contributed by atoms with Gasteiger partial charge in [0, 0.05) is 0 Å². The highest BCUT2D eigenvalue weighted by molar-refractivity contribution is 7.91. The summed E-state index contributed by atoms with van der Waals surface area (Å²) in [6.07, 6.45) is 0.963. The van der Waals surface area contributed by atoms with Crippen molar-refractivity contribution in [1.29, 1.82) is 0 Å². The summed E-state index contributed by atoms with van der Waals surface area (Å²) in [5.41, 5.74) is 2.52. The number of aryl methyl sites for hydroxylation is 1. The molecule has 0 unspecified atom stereocenters. The summed E-state index contributed by atoms with van der Waals surface area (Å²) in [7, 11) is -3.66. The lowest BCUT2D eigenvalue weighted by Crippen LogP contribution is -2.10. The second-order valence-electron chi connectivity index (χ2n) is 9.42. The maximum absolute atomic E-state index is 13.1. The SMILES string of the molecule is CCc1ccc(Oc2ccc(S(=O)(=O)c3ccc(Oc4ccc(C(C)(C)C)cc4)cc3)cc2)cc1. The summed E-state index contributed by atoms with van der Waals surface area (Å²) in [6, 6.07) is 28.7. The number of benzene rings is 4. The number of ether oxygens (including phenoxy) is 2. The van der Waals surface area contributed by atoms with E-state index in [0.29, 0.717) is 23.0 Å². The van der Waals surface area contributed by atoms with Gasteiger partial charge in [-0.25, -0.2) is 8.42 Å². The Morgan fingerprint density at radius 1 is 0.571 bits per heavy atom. The van der Waals surface area contributed by atoms with Crippen molar-refractivity contribution in [3.05, 3.63) is 108 Å². The van der Waals surface area contributed by atoms with Crippen molar-refractivity contribution in [3.63, 3.8) is 0 Å². The molecule has 0 bridgehead atoms. The monoisotopic (exact) mass is 486 g/mol. The fraction of sp³-hybridized carbons (Fsp3) is 0.200. The highest BCUT2D eigenvalue weighted by atomic mass is 32.2. The van der Waals surface area contributed by atoms with Gasteiger partial charge in [-0.2, -0.15) is 0 Å². The number of sulfone groups is 1. The van der Waals surface area contributed by atoms with Crippen LogP contribution >= 0.6 is 0 Å². The molecular weight excluding hydrogens is 456 g/mol. The Bertz CT molecular complexity index is 1360. The first-order valence-electron chi connectivity index (χ1n) is 11.7. The van der Waals surface area contributed by atoms with E-state index < -0.39 is 9.84 Å². The smallest absolute Gasteiger partial charge is 0.206 e. The van der Waals surface area contributed by atoms with Gasteiger partial charge in [-0.05, 0) is 95.8 Å². The molecule has 0 saturated carbocycles. The molecule has 4 aromatic rings. The highest BCUT2D eigenvalue weighted by Crippen LogP contribution is 2.30. The predicted octanol–water partition coefficient (Wildman–Crippen LogP) is 7.96. The van der Waals surface area contributed by atoms with E-state index in [-0.39, 0.29) is 15.2 Å². The van der Waals surface area contributed by atoms with E-state index >= 15 is 0 Å². The van der Waals surface area contributed by atoms with Crippen molar-refractivity contribution in [2.24, 2.45) is 0 Å². The third-order valence-corrected chi connectivity index (χ3v) is 7.58. The molecule has 0 atom stereocenters. The van der Waals surface area contributed by atoms with Crippen LogP contribution in [0.4, 0.5) is 0 Å². The van der Waals surface area contributed by atoms with Gasteiger partial charge in [-0.3, -0.25) is 0 Å². The molecule has 0 aliphatic heterocycles. The lowest BCUT2D eigenvalue weighted by atomic mass is 9.87. The molecule has 4 rings (SSSR count). The lowest BCUT2D eigenvalue weighted by Gasteiger charge is -2.19. The first-order valence-corrected chi connectivity index (χ1v) is 13.1. The van der Waals surface area contributed by atoms with Crippen LogP contribution in [0.3, 0.4) is 0 Å². The van der Waals surface area contributed by atoms with Crippen molar-refractivity contribution < 1.29 is 17.9 Å². The summed E-state index contributed by atoms with van der Waals surface area (Å²) in [4.78, 5) is 0.411. The van der Waals surface area contributed by atoms with Crippen LogP contribution in [0.25, 0.3) is 0 Å². The predicted molar refractivity (Wildman–Crippen MR) is 139 cm³/mol. The van der Waals surface area contributed by atoms with Gasteiger partial charge in [0.2, 0.25) is 9.84 Å². The van der Waals surface area contributed by atoms with Crippen LogP contribution in [-0.2, 0) is 21.7 Å². The molecule has 0 N–H and O–H groups in total. The number of hydrogen-bond donors (Lipinski definition) is 0. The van der Waals surface area contributed by atoms with E-state index in [1.54, 1.807) is 48.5 Å². The van der Waals surface area contributed by atoms with E-state index in [1.807, 2.05) is 48.5 Å². The van der Waals surface area contributed by atoms with Gasteiger partial charge in [-0.1, -0.05) is 52.0 Å². The maximum atomic E-state index is 13.1. The van der Waals surface area contributed by atoms with Crippen molar-refractivity contribution in [3.8, 4) is 23.0 Å². The molecule has 0 amide bonds. The Hall–Kier alpha value is -3.57. The number of hydrogen-bond acceptors (Lipinski definition) is 4. The molecule has 180 valence electrons. The van der Waals surface area contributed by atoms with Crippen molar-refractivity contribution >= 4 is 9.84 Å². The molecule has 0 saturated heterocycles. The minimum absolute atomic E-state index is 0.0686. The van der Waals surface area contributed by atoms with Crippen LogP contribution in [0.1, 0.15) is 38.8 Å². The van der Waals surface area contributed by atoms with Crippen molar-refractivity contribution in [2.45, 2.75) is 49.3 Å². The highest BCUT2D eigenvalue weighted by Gasteiger charge is 2.18. The third-order valence-electron chi connectivity index (χ3n) is 5.79. The van der Waals surface area contributed by atoms with E-state index in [4.69, 9.17) is 9.47 Å². The first-order chi connectivity index (χ1) is 16.6. The van der Waals surface area contributed by atoms with Gasteiger partial charge in [0.1, 0.15) is 23.0 Å². The molecule has 0 aromatic heterocycles. The molecule has 0 radical (unpaired) electrons. The van der Waals surface area contributed by atoms with E-state index in [0.717, 1.165) is 6.42 Å². The van der Waals surface area contributed by atoms with Gasteiger partial charge >= 0.3 is 0 Å². The first kappa shape index (κ1) is 24.6. The van der Waals surface area contributed by atoms with Gasteiger partial charge in [0.25, 0.3) is 0 Å². The molecule has 0 aliphatic carbocycles. The van der Waals surface area contributed by atoms with Crippen LogP contribution in [0.5, 0.6) is 23.0 Å². The van der Waals surface area contributed by atoms with Crippen LogP contribution in [0.2, 0.25) is 0 Å². The van der Waals surface area contributed by atoms with E-state index in [9.17, 15) is 8.42 Å². The molecule has 4 aromatic carbocycles. The zero-order valence-corrected chi connectivity index (χ0v) is 21.3. The topological polar surface area (TPSA) is 52.6 Å². The second kappa shape index (κ2) is 9.96. The normalized spacial score (nSPS) is 11.8. The summed E-state index contributed by atoms with van der Waals surface area (Å²) >= 11 is 0. The third kappa shape index (κ3) is 5.92. The lowest BCUT2D eigenvalue weighted by molar-refractivity contribution is 0.481. The van der Waals surface area contributed by atoms with E-state index in [2.05, 4.69) is 27.7 Å². The van der Waals surface area contributed by atoms with Crippen LogP contribution < -0.4 is 9.47 Å². The molecule has 4 nitrogen and oxygen atoms in total. The largest absolute Gasteiger partial charge is 0.457 e. The fourth-order valence-corrected chi connectivity index (χ4v) is 4.86. The molecule has 35 heavy (non-hydrogen) atoms.